The van der Waals surface area contributed by atoms with E-state index in [9.17, 15) is 22.8 Å². The first-order valence-electron chi connectivity index (χ1n) is 14.2. The molecule has 3 N–H and O–H groups in total. The molecule has 0 aliphatic carbocycles. The number of nitriles is 1. The Labute approximate surface area is 261 Å². The number of nitrogens with zero attached hydrogens (tertiary/aromatic N) is 6. The number of halogens is 3. The van der Waals surface area contributed by atoms with E-state index < -0.39 is 23.1 Å². The maximum absolute atomic E-state index is 12.8. The molecule has 1 fully saturated rings. The van der Waals surface area contributed by atoms with Gasteiger partial charge in [-0.2, -0.15) is 18.4 Å². The van der Waals surface area contributed by atoms with E-state index in [-0.39, 0.29) is 17.2 Å². The van der Waals surface area contributed by atoms with Crippen LogP contribution in [-0.4, -0.2) is 64.9 Å². The van der Waals surface area contributed by atoms with Gasteiger partial charge in [0.05, 0.1) is 28.6 Å². The molecule has 240 valence electrons. The lowest BCUT2D eigenvalue weighted by Gasteiger charge is -2.26. The summed E-state index contributed by atoms with van der Waals surface area (Å²) in [4.78, 5) is 40.8. The van der Waals surface area contributed by atoms with Crippen LogP contribution in [0.2, 0.25) is 0 Å². The molecular formula is C32H39F3N8O2. The predicted octanol–water partition coefficient (Wildman–Crippen LogP) is 5.58. The van der Waals surface area contributed by atoms with Gasteiger partial charge >= 0.3 is 6.18 Å². The number of aromatic nitrogens is 3. The molecular weight excluding hydrogens is 585 g/mol. The van der Waals surface area contributed by atoms with E-state index in [2.05, 4.69) is 44.1 Å². The summed E-state index contributed by atoms with van der Waals surface area (Å²) in [6.07, 6.45) is 1.28. The first-order valence-corrected chi connectivity index (χ1v) is 14.2. The molecule has 3 aromatic rings. The first-order chi connectivity index (χ1) is 21.1. The molecule has 2 aromatic heterocycles. The number of nitrogen functional groups attached to an aromatic ring is 1. The zero-order valence-corrected chi connectivity index (χ0v) is 26.3. The van der Waals surface area contributed by atoms with Crippen LogP contribution in [0.15, 0.2) is 53.9 Å². The van der Waals surface area contributed by atoms with Crippen molar-refractivity contribution in [1.29, 1.82) is 5.26 Å². The number of hydrogen-bond acceptors (Lipinski definition) is 9. The van der Waals surface area contributed by atoms with Gasteiger partial charge in [0.15, 0.2) is 0 Å². The minimum atomic E-state index is -4.53. The van der Waals surface area contributed by atoms with Gasteiger partial charge in [0, 0.05) is 30.9 Å². The fourth-order valence-corrected chi connectivity index (χ4v) is 4.26. The van der Waals surface area contributed by atoms with Gasteiger partial charge in [0.1, 0.15) is 29.7 Å². The highest BCUT2D eigenvalue weighted by molar-refractivity contribution is 6.16. The van der Waals surface area contributed by atoms with E-state index in [0.717, 1.165) is 24.2 Å². The lowest BCUT2D eigenvalue weighted by Crippen LogP contribution is -2.30. The normalized spacial score (nSPS) is 15.4. The third kappa shape index (κ3) is 11.4. The van der Waals surface area contributed by atoms with E-state index in [1.54, 1.807) is 40.0 Å². The van der Waals surface area contributed by atoms with Crippen LogP contribution in [0.5, 0.6) is 0 Å². The average Bonchev–Trinajstić information content (AvgIpc) is 2.99. The van der Waals surface area contributed by atoms with E-state index in [1.807, 2.05) is 6.07 Å². The van der Waals surface area contributed by atoms with Crippen molar-refractivity contribution in [2.45, 2.75) is 46.7 Å². The Morgan fingerprint density at radius 2 is 1.80 bits per heavy atom. The molecule has 1 amide bonds. The Morgan fingerprint density at radius 3 is 2.27 bits per heavy atom. The summed E-state index contributed by atoms with van der Waals surface area (Å²) in [5.74, 6) is 0.427. The summed E-state index contributed by atoms with van der Waals surface area (Å²) in [5, 5.41) is 10.5. The van der Waals surface area contributed by atoms with Gasteiger partial charge in [0.25, 0.3) is 5.91 Å². The highest BCUT2D eigenvalue weighted by Crippen LogP contribution is 2.30. The summed E-state index contributed by atoms with van der Waals surface area (Å²) in [5.41, 5.74) is 6.98. The van der Waals surface area contributed by atoms with Crippen LogP contribution in [0.3, 0.4) is 0 Å². The number of hydrogen-bond donors (Lipinski definition) is 2. The van der Waals surface area contributed by atoms with E-state index in [0.29, 0.717) is 28.8 Å². The molecule has 0 saturated carbocycles. The second kappa shape index (κ2) is 16.4. The highest BCUT2D eigenvalue weighted by Gasteiger charge is 2.31. The fourth-order valence-electron chi connectivity index (χ4n) is 4.26. The van der Waals surface area contributed by atoms with Crippen LogP contribution in [0, 0.1) is 29.6 Å². The van der Waals surface area contributed by atoms with E-state index >= 15 is 0 Å². The number of pyridine rings is 1. The van der Waals surface area contributed by atoms with Crippen LogP contribution in [0.25, 0.3) is 0 Å². The van der Waals surface area contributed by atoms with Crippen molar-refractivity contribution in [3.8, 4) is 6.07 Å². The third-order valence-corrected chi connectivity index (χ3v) is 6.72. The standard InChI is InChI=1S/C20H17F3N6O.C7H15N.C5H7NO/c1-11-16(18(24)28-10-27-11)17(25-2)12-3-5-13(6-4-12)19(30)29-15-9-14(7-8-26-15)20(21,22)23;1-7-4-3-5-8(2)6-7;1-5(2,3-6)4-7/h3-10H,1-2H3,(H2,24,27,28)(H,26,29,30);7H,3-6H2,1-2H3;4H,1-2H3. The minimum absolute atomic E-state index is 0.195. The number of aldehydes is 1. The maximum atomic E-state index is 12.8. The number of carbonyl (C=O) groups excluding carboxylic acids is 2. The number of rotatable bonds is 5. The molecule has 13 heteroatoms. The predicted molar refractivity (Wildman–Crippen MR) is 168 cm³/mol. The Morgan fingerprint density at radius 1 is 1.16 bits per heavy atom. The Hall–Kier alpha value is -4.70. The molecule has 0 radical (unpaired) electrons. The van der Waals surface area contributed by atoms with Gasteiger partial charge < -0.3 is 20.7 Å². The molecule has 0 spiro atoms. The number of alkyl halides is 3. The molecule has 1 atom stereocenters. The van der Waals surface area contributed by atoms with Crippen LogP contribution >= 0.6 is 0 Å². The van der Waals surface area contributed by atoms with Gasteiger partial charge in [-0.25, -0.2) is 15.0 Å². The van der Waals surface area contributed by atoms with E-state index in [1.165, 1.54) is 44.4 Å². The van der Waals surface area contributed by atoms with Crippen molar-refractivity contribution in [1.82, 2.24) is 19.9 Å². The molecule has 1 saturated heterocycles. The van der Waals surface area contributed by atoms with Crippen molar-refractivity contribution in [2.75, 3.05) is 38.2 Å². The van der Waals surface area contributed by atoms with Crippen molar-refractivity contribution >= 4 is 29.5 Å². The Kier molecular flexibility index (Phi) is 13.3. The van der Waals surface area contributed by atoms with Crippen molar-refractivity contribution in [3.63, 3.8) is 0 Å². The number of benzene rings is 1. The number of nitrogens with two attached hydrogens (primary N) is 1. The number of aliphatic imine (C=N–C) groups is 1. The van der Waals surface area contributed by atoms with Crippen molar-refractivity contribution < 1.29 is 22.8 Å². The first kappa shape index (κ1) is 36.5. The van der Waals surface area contributed by atoms with Crippen LogP contribution in [0.1, 0.15) is 66.4 Å². The number of piperidine rings is 1. The molecule has 1 aliphatic heterocycles. The molecule has 1 aliphatic rings. The summed E-state index contributed by atoms with van der Waals surface area (Å²) in [7, 11) is 3.80. The van der Waals surface area contributed by atoms with Crippen molar-refractivity contribution in [2.24, 2.45) is 16.3 Å². The zero-order valence-electron chi connectivity index (χ0n) is 26.3. The molecule has 3 heterocycles. The Balaban J connectivity index is 0.000000384. The minimum Gasteiger partial charge on any atom is -0.383 e. The number of nitrogens with one attached hydrogen (secondary N) is 1. The lowest BCUT2D eigenvalue weighted by molar-refractivity contribution is -0.137. The van der Waals surface area contributed by atoms with Crippen LogP contribution in [-0.2, 0) is 11.0 Å². The third-order valence-electron chi connectivity index (χ3n) is 6.72. The van der Waals surface area contributed by atoms with Crippen molar-refractivity contribution in [3.05, 3.63) is 76.9 Å². The second-order valence-electron chi connectivity index (χ2n) is 11.2. The number of anilines is 2. The Bertz CT molecular complexity index is 1490. The highest BCUT2D eigenvalue weighted by atomic mass is 19.4. The summed E-state index contributed by atoms with van der Waals surface area (Å²) in [6.45, 7) is 9.86. The van der Waals surface area contributed by atoms with Gasteiger partial charge in [-0.05, 0) is 77.4 Å². The molecule has 1 unspecified atom stereocenters. The number of aryl methyl sites for hydroxylation is 1. The molecule has 45 heavy (non-hydrogen) atoms. The smallest absolute Gasteiger partial charge is 0.383 e. The fraction of sp³-hybridized carbons (Fsp3) is 0.406. The maximum Gasteiger partial charge on any atom is 0.416 e. The van der Waals surface area contributed by atoms with Gasteiger partial charge in [-0.15, -0.1) is 0 Å². The molecule has 4 rings (SSSR count). The van der Waals surface area contributed by atoms with Gasteiger partial charge in [0.2, 0.25) is 0 Å². The van der Waals surface area contributed by atoms with Crippen LogP contribution in [0.4, 0.5) is 24.8 Å². The summed E-state index contributed by atoms with van der Waals surface area (Å²) < 4.78 is 38.4. The lowest BCUT2D eigenvalue weighted by atomic mass is 9.99. The van der Waals surface area contributed by atoms with Gasteiger partial charge in [-0.1, -0.05) is 19.1 Å². The monoisotopic (exact) mass is 624 g/mol. The largest absolute Gasteiger partial charge is 0.416 e. The second-order valence-corrected chi connectivity index (χ2v) is 11.2. The number of likely N-dealkylation sites (tertiary alicyclic amines) is 1. The topological polar surface area (TPSA) is 150 Å². The molecule has 10 nitrogen and oxygen atoms in total. The zero-order chi connectivity index (χ0) is 33.8. The molecule has 1 aromatic carbocycles. The summed E-state index contributed by atoms with van der Waals surface area (Å²) in [6, 6.07) is 9.79. The molecule has 0 bridgehead atoms. The SMILES string of the molecule is CC(C)(C#N)C=O.CC1CCCN(C)C1.CN=C(c1ccc(C(=O)Nc2cc(C(F)(F)F)ccn2)cc1)c1c(C)ncnc1N. The number of amides is 1. The van der Waals surface area contributed by atoms with E-state index in [4.69, 9.17) is 11.0 Å². The van der Waals surface area contributed by atoms with Gasteiger partial charge in [-0.3, -0.25) is 9.79 Å². The number of carbonyl (C=O) groups is 2. The quantitative estimate of drug-likeness (QED) is 0.276. The average molecular weight is 625 g/mol. The van der Waals surface area contributed by atoms with Crippen LogP contribution < -0.4 is 11.1 Å². The summed E-state index contributed by atoms with van der Waals surface area (Å²) >= 11 is 0.